The third-order valence-corrected chi connectivity index (χ3v) is 1.84. The van der Waals surface area contributed by atoms with Gasteiger partial charge in [0.05, 0.1) is 0 Å². The minimum atomic E-state index is -2.18. The molecule has 0 spiro atoms. The molecule has 0 amide bonds. The lowest BCUT2D eigenvalue weighted by atomic mass is 10.1. The summed E-state index contributed by atoms with van der Waals surface area (Å²) in [4.78, 5) is 0. The third-order valence-electron chi connectivity index (χ3n) is 1.84. The molecule has 12 heavy (non-hydrogen) atoms. The molecular formula is C12H12. The average molecular weight is 162 g/mol. The fraction of sp³-hybridized carbons (Fsp3) is 0.167. The summed E-state index contributed by atoms with van der Waals surface area (Å²) in [5.74, 6) is 0. The fourth-order valence-corrected chi connectivity index (χ4v) is 1.25. The Morgan fingerprint density at radius 1 is 0.833 bits per heavy atom. The Hall–Kier alpha value is -1.30. The zero-order valence-electron chi connectivity index (χ0n) is 12.5. The van der Waals surface area contributed by atoms with Crippen LogP contribution in [0.3, 0.4) is 0 Å². The second kappa shape index (κ2) is 2.63. The summed E-state index contributed by atoms with van der Waals surface area (Å²) in [5, 5.41) is 1.47. The molecule has 0 fully saturated rings. The van der Waals surface area contributed by atoms with E-state index in [-0.39, 0.29) is 11.1 Å². The lowest BCUT2D eigenvalue weighted by molar-refractivity contribution is 1.47. The van der Waals surface area contributed by atoms with Gasteiger partial charge in [0, 0.05) is 8.22 Å². The highest BCUT2D eigenvalue weighted by Gasteiger charge is 1.92. The molecule has 0 atom stereocenters. The van der Waals surface area contributed by atoms with Crippen LogP contribution in [-0.2, 0) is 0 Å². The summed E-state index contributed by atoms with van der Waals surface area (Å²) in [5.41, 5.74) is 0.440. The first-order chi connectivity index (χ1) is 8.18. The topological polar surface area (TPSA) is 0 Å². The predicted molar refractivity (Wildman–Crippen MR) is 53.4 cm³/mol. The van der Waals surface area contributed by atoms with Gasteiger partial charge in [-0.15, -0.1) is 0 Å². The molecule has 0 aliphatic heterocycles. The van der Waals surface area contributed by atoms with Gasteiger partial charge in [0.25, 0.3) is 0 Å². The summed E-state index contributed by atoms with van der Waals surface area (Å²) in [6, 6.07) is 9.53. The summed E-state index contributed by atoms with van der Waals surface area (Å²) in [6.07, 6.45) is 0. The minimum Gasteiger partial charge on any atom is -0.0587 e. The van der Waals surface area contributed by atoms with Crippen LogP contribution in [0, 0.1) is 13.7 Å². The summed E-state index contributed by atoms with van der Waals surface area (Å²) >= 11 is 0. The van der Waals surface area contributed by atoms with Gasteiger partial charge in [-0.1, -0.05) is 47.5 Å². The highest BCUT2D eigenvalue weighted by Crippen LogP contribution is 2.16. The van der Waals surface area contributed by atoms with E-state index in [0.717, 1.165) is 5.39 Å². The van der Waals surface area contributed by atoms with Crippen LogP contribution < -0.4 is 0 Å². The molecule has 0 bridgehead atoms. The minimum absolute atomic E-state index is 0.220. The van der Waals surface area contributed by atoms with Crippen LogP contribution in [0.25, 0.3) is 10.8 Å². The van der Waals surface area contributed by atoms with E-state index in [1.54, 1.807) is 24.3 Å². The summed E-state index contributed by atoms with van der Waals surface area (Å²) in [6.45, 7) is -4.35. The van der Waals surface area contributed by atoms with Crippen LogP contribution in [0.1, 0.15) is 19.4 Å². The van der Waals surface area contributed by atoms with Gasteiger partial charge in [0.15, 0.2) is 0 Å². The van der Waals surface area contributed by atoms with Crippen molar-refractivity contribution >= 4 is 10.8 Å². The SMILES string of the molecule is [2H]C([2H])([2H])c1ccc2ccc(C([2H])([2H])[2H])cc2c1. The second-order valence-corrected chi connectivity index (χ2v) is 2.78. The molecule has 0 saturated heterocycles. The van der Waals surface area contributed by atoms with Crippen LogP contribution in [0.15, 0.2) is 36.4 Å². The van der Waals surface area contributed by atoms with E-state index in [1.807, 2.05) is 0 Å². The molecule has 0 aliphatic rings. The van der Waals surface area contributed by atoms with Crippen molar-refractivity contribution in [2.24, 2.45) is 0 Å². The highest BCUT2D eigenvalue weighted by atomic mass is 14.0. The van der Waals surface area contributed by atoms with Crippen LogP contribution in [0.4, 0.5) is 0 Å². The maximum Gasteiger partial charge on any atom is 0.0280 e. The molecular weight excluding hydrogens is 144 g/mol. The number of hydrogen-bond donors (Lipinski definition) is 0. The average Bonchev–Trinajstić information content (AvgIpc) is 2.25. The van der Waals surface area contributed by atoms with Crippen LogP contribution >= 0.6 is 0 Å². The van der Waals surface area contributed by atoms with Crippen LogP contribution in [-0.4, -0.2) is 0 Å². The standard InChI is InChI=1S/C12H12/c1-9-3-5-11-6-4-10(2)8-12(11)7-9/h3-8H,1-2H3/i1D3,2D3. The van der Waals surface area contributed by atoms with E-state index in [0.29, 0.717) is 5.39 Å². The van der Waals surface area contributed by atoms with Gasteiger partial charge in [-0.05, 0) is 24.5 Å². The molecule has 0 nitrogen and oxygen atoms in total. The Morgan fingerprint density at radius 2 is 1.42 bits per heavy atom. The van der Waals surface area contributed by atoms with E-state index >= 15 is 0 Å². The monoisotopic (exact) mass is 162 g/mol. The van der Waals surface area contributed by atoms with Crippen LogP contribution in [0.5, 0.6) is 0 Å². The molecule has 0 saturated carbocycles. The Balaban J connectivity index is 2.61. The predicted octanol–water partition coefficient (Wildman–Crippen LogP) is 3.46. The maximum absolute atomic E-state index is 7.35. The Kier molecular flexibility index (Phi) is 0.705. The molecule has 2 aromatic rings. The second-order valence-electron chi connectivity index (χ2n) is 2.78. The van der Waals surface area contributed by atoms with Crippen molar-refractivity contribution in [2.75, 3.05) is 0 Å². The number of hydrogen-bond acceptors (Lipinski definition) is 0. The molecule has 0 radical (unpaired) electrons. The number of rotatable bonds is 0. The van der Waals surface area contributed by atoms with Gasteiger partial charge in [-0.3, -0.25) is 0 Å². The lowest BCUT2D eigenvalue weighted by Crippen LogP contribution is -1.76. The fourth-order valence-electron chi connectivity index (χ4n) is 1.25. The molecule has 2 rings (SSSR count). The molecule has 0 unspecified atom stereocenters. The van der Waals surface area contributed by atoms with E-state index in [2.05, 4.69) is 0 Å². The summed E-state index contributed by atoms with van der Waals surface area (Å²) in [7, 11) is 0. The number of fused-ring (bicyclic) bond motifs is 1. The van der Waals surface area contributed by atoms with Gasteiger partial charge >= 0.3 is 0 Å². The Labute approximate surface area is 81.3 Å². The molecule has 2 aromatic carbocycles. The quantitative estimate of drug-likeness (QED) is 0.556. The maximum atomic E-state index is 7.35. The van der Waals surface area contributed by atoms with E-state index < -0.39 is 13.7 Å². The molecule has 0 aliphatic carbocycles. The lowest BCUT2D eigenvalue weighted by Gasteiger charge is -1.99. The molecule has 0 heterocycles. The normalized spacial score (nSPS) is 20.0. The molecule has 60 valence electrons. The summed E-state index contributed by atoms with van der Waals surface area (Å²) < 4.78 is 44.1. The number of aryl methyl sites for hydroxylation is 2. The largest absolute Gasteiger partial charge is 0.0587 e. The van der Waals surface area contributed by atoms with Crippen molar-refractivity contribution in [2.45, 2.75) is 13.7 Å². The smallest absolute Gasteiger partial charge is 0.0280 e. The van der Waals surface area contributed by atoms with Crippen molar-refractivity contribution < 1.29 is 8.22 Å². The van der Waals surface area contributed by atoms with Crippen LogP contribution in [0.2, 0.25) is 0 Å². The zero-order chi connectivity index (χ0) is 13.6. The molecule has 0 N–H and O–H groups in total. The Morgan fingerprint density at radius 3 is 1.92 bits per heavy atom. The van der Waals surface area contributed by atoms with Crippen molar-refractivity contribution in [3.05, 3.63) is 47.5 Å². The van der Waals surface area contributed by atoms with E-state index in [4.69, 9.17) is 8.22 Å². The van der Waals surface area contributed by atoms with E-state index in [9.17, 15) is 0 Å². The van der Waals surface area contributed by atoms with Gasteiger partial charge in [-0.25, -0.2) is 0 Å². The first-order valence-corrected chi connectivity index (χ1v) is 3.73. The first kappa shape index (κ1) is 3.21. The molecule has 0 aromatic heterocycles. The zero-order valence-corrected chi connectivity index (χ0v) is 6.46. The molecule has 0 heteroatoms. The Bertz CT molecular complexity index is 530. The van der Waals surface area contributed by atoms with Crippen molar-refractivity contribution in [3.8, 4) is 0 Å². The highest BCUT2D eigenvalue weighted by molar-refractivity contribution is 5.83. The third kappa shape index (κ3) is 1.20. The number of benzene rings is 2. The van der Waals surface area contributed by atoms with Gasteiger partial charge in [0.2, 0.25) is 0 Å². The van der Waals surface area contributed by atoms with Crippen molar-refractivity contribution in [1.29, 1.82) is 0 Å². The van der Waals surface area contributed by atoms with Crippen molar-refractivity contribution in [1.82, 2.24) is 0 Å². The first-order valence-electron chi connectivity index (χ1n) is 6.73. The van der Waals surface area contributed by atoms with Gasteiger partial charge < -0.3 is 0 Å². The van der Waals surface area contributed by atoms with Crippen molar-refractivity contribution in [3.63, 3.8) is 0 Å². The van der Waals surface area contributed by atoms with Gasteiger partial charge in [-0.2, -0.15) is 0 Å². The van der Waals surface area contributed by atoms with E-state index in [1.165, 1.54) is 12.1 Å². The van der Waals surface area contributed by atoms with Gasteiger partial charge in [0.1, 0.15) is 0 Å².